The third-order valence-electron chi connectivity index (χ3n) is 7.53. The van der Waals surface area contributed by atoms with Crippen LogP contribution in [-0.4, -0.2) is 59.1 Å². The van der Waals surface area contributed by atoms with Gasteiger partial charge in [0.1, 0.15) is 17.7 Å². The van der Waals surface area contributed by atoms with Crippen LogP contribution in [0.2, 0.25) is 0 Å². The van der Waals surface area contributed by atoms with Crippen molar-refractivity contribution in [1.29, 1.82) is 0 Å². The summed E-state index contributed by atoms with van der Waals surface area (Å²) < 4.78 is 16.9. The van der Waals surface area contributed by atoms with E-state index in [1.54, 1.807) is 41.7 Å². The van der Waals surface area contributed by atoms with E-state index in [0.717, 1.165) is 52.1 Å². The van der Waals surface area contributed by atoms with Crippen molar-refractivity contribution in [3.05, 3.63) is 96.5 Å². The topological polar surface area (TPSA) is 123 Å². The monoisotopic (exact) mass is 539 g/mol. The van der Waals surface area contributed by atoms with Crippen LogP contribution in [0.25, 0.3) is 22.2 Å². The Morgan fingerprint density at radius 2 is 1.80 bits per heavy atom. The summed E-state index contributed by atoms with van der Waals surface area (Å²) in [6.45, 7) is 5.21. The fraction of sp³-hybridized carbons (Fsp3) is 0.276. The molecule has 4 aromatic heterocycles. The van der Waals surface area contributed by atoms with E-state index in [-0.39, 0.29) is 18.5 Å². The van der Waals surface area contributed by atoms with Crippen LogP contribution in [0.4, 0.5) is 10.2 Å². The minimum atomic E-state index is -0.839. The molecule has 5 aromatic rings. The van der Waals surface area contributed by atoms with Crippen LogP contribution in [0.15, 0.2) is 73.7 Å². The van der Waals surface area contributed by atoms with Crippen LogP contribution in [0, 0.1) is 5.82 Å². The van der Waals surface area contributed by atoms with Gasteiger partial charge in [-0.05, 0) is 49.6 Å². The number of aromatic nitrogens is 7. The van der Waals surface area contributed by atoms with Crippen LogP contribution in [-0.2, 0) is 5.54 Å². The smallest absolute Gasteiger partial charge is 0.156 e. The first-order chi connectivity index (χ1) is 19.3. The highest BCUT2D eigenvalue weighted by molar-refractivity contribution is 5.78. The van der Waals surface area contributed by atoms with Crippen LogP contribution in [0.1, 0.15) is 43.3 Å². The average Bonchev–Trinajstić information content (AvgIpc) is 3.65. The fourth-order valence-electron chi connectivity index (χ4n) is 4.92. The highest BCUT2D eigenvalue weighted by Crippen LogP contribution is 2.30. The fourth-order valence-corrected chi connectivity index (χ4v) is 4.92. The molecule has 40 heavy (non-hydrogen) atoms. The number of aliphatic hydroxyl groups excluding tert-OH is 1. The molecule has 0 radical (unpaired) electrons. The van der Waals surface area contributed by atoms with Crippen molar-refractivity contribution < 1.29 is 9.50 Å². The summed E-state index contributed by atoms with van der Waals surface area (Å²) in [4.78, 5) is 16.0. The number of anilines is 1. The third kappa shape index (κ3) is 4.74. The molecule has 0 saturated carbocycles. The van der Waals surface area contributed by atoms with Gasteiger partial charge in [-0.3, -0.25) is 4.68 Å². The van der Waals surface area contributed by atoms with Crippen molar-refractivity contribution in [2.24, 2.45) is 5.73 Å². The van der Waals surface area contributed by atoms with Crippen molar-refractivity contribution in [3.8, 4) is 11.1 Å². The molecule has 1 aliphatic rings. The predicted octanol–water partition coefficient (Wildman–Crippen LogP) is 3.59. The number of aliphatic hydroxyl groups is 1. The molecule has 0 unspecified atom stereocenters. The molecular formula is C29H30FN9O. The van der Waals surface area contributed by atoms with E-state index in [1.165, 1.54) is 12.1 Å². The maximum absolute atomic E-state index is 13.4. The predicted molar refractivity (Wildman–Crippen MR) is 150 cm³/mol. The molecule has 3 N–H and O–H groups in total. The molecule has 0 spiro atoms. The van der Waals surface area contributed by atoms with Crippen LogP contribution >= 0.6 is 0 Å². The molecular weight excluding hydrogens is 509 g/mol. The van der Waals surface area contributed by atoms with Gasteiger partial charge in [-0.2, -0.15) is 10.2 Å². The number of fused-ring (bicyclic) bond motifs is 1. The Labute approximate surface area is 230 Å². The van der Waals surface area contributed by atoms with Gasteiger partial charge in [0.15, 0.2) is 11.6 Å². The van der Waals surface area contributed by atoms with Crippen LogP contribution in [0.5, 0.6) is 0 Å². The highest BCUT2D eigenvalue weighted by Gasteiger charge is 2.26. The molecule has 11 heteroatoms. The van der Waals surface area contributed by atoms with Crippen molar-refractivity contribution >= 4 is 16.9 Å². The first kappa shape index (κ1) is 25.8. The second-order valence-electron chi connectivity index (χ2n) is 10.3. The molecule has 0 bridgehead atoms. The maximum Gasteiger partial charge on any atom is 0.156 e. The normalized spacial score (nSPS) is 16.1. The second kappa shape index (κ2) is 10.2. The van der Waals surface area contributed by atoms with Crippen molar-refractivity contribution in [1.82, 2.24) is 34.3 Å². The lowest BCUT2D eigenvalue weighted by molar-refractivity contribution is 0.230. The molecule has 6 rings (SSSR count). The number of rotatable bonds is 7. The minimum absolute atomic E-state index is 0.0243. The molecule has 2 atom stereocenters. The largest absolute Gasteiger partial charge is 0.394 e. The number of nitrogens with zero attached hydrogens (tertiary/aromatic N) is 8. The Balaban J connectivity index is 1.20. The van der Waals surface area contributed by atoms with E-state index < -0.39 is 5.54 Å². The Hall–Kier alpha value is -4.48. The van der Waals surface area contributed by atoms with Gasteiger partial charge in [-0.1, -0.05) is 18.2 Å². The third-order valence-corrected chi connectivity index (χ3v) is 7.53. The van der Waals surface area contributed by atoms with Gasteiger partial charge in [-0.25, -0.2) is 23.9 Å². The number of halogens is 1. The van der Waals surface area contributed by atoms with Gasteiger partial charge in [0, 0.05) is 54.6 Å². The minimum Gasteiger partial charge on any atom is -0.394 e. The Morgan fingerprint density at radius 3 is 2.50 bits per heavy atom. The zero-order valence-electron chi connectivity index (χ0n) is 22.3. The first-order valence-electron chi connectivity index (χ1n) is 13.1. The summed E-state index contributed by atoms with van der Waals surface area (Å²) in [6, 6.07) is 8.15. The number of nitrogens with two attached hydrogens (primary N) is 1. The summed E-state index contributed by atoms with van der Waals surface area (Å²) >= 11 is 0. The average molecular weight is 540 g/mol. The van der Waals surface area contributed by atoms with E-state index in [4.69, 9.17) is 5.73 Å². The molecule has 204 valence electrons. The Morgan fingerprint density at radius 1 is 1.02 bits per heavy atom. The van der Waals surface area contributed by atoms with Crippen LogP contribution in [0.3, 0.4) is 0 Å². The van der Waals surface area contributed by atoms with Gasteiger partial charge in [0.2, 0.25) is 0 Å². The molecule has 10 nitrogen and oxygen atoms in total. The lowest BCUT2D eigenvalue weighted by Crippen LogP contribution is -2.34. The molecule has 1 aliphatic heterocycles. The van der Waals surface area contributed by atoms with Gasteiger partial charge in [-0.15, -0.1) is 0 Å². The molecule has 5 heterocycles. The highest BCUT2D eigenvalue weighted by atomic mass is 19.1. The Kier molecular flexibility index (Phi) is 6.60. The van der Waals surface area contributed by atoms with Crippen molar-refractivity contribution in [2.75, 3.05) is 24.6 Å². The van der Waals surface area contributed by atoms with E-state index in [1.807, 2.05) is 30.8 Å². The van der Waals surface area contributed by atoms with Gasteiger partial charge in [0.05, 0.1) is 24.4 Å². The first-order valence-corrected chi connectivity index (χ1v) is 13.1. The SMILES string of the molecule is C[C@H](CO)n1cc(-c2cc3c(N4CC=C(c5ncc([C@@](C)(N)c6ccc(F)cc6)cn5)CC4)ncnn3c2)cn1. The van der Waals surface area contributed by atoms with E-state index >= 15 is 0 Å². The summed E-state index contributed by atoms with van der Waals surface area (Å²) in [7, 11) is 0. The van der Waals surface area contributed by atoms with Gasteiger partial charge in [0.25, 0.3) is 0 Å². The molecule has 0 aliphatic carbocycles. The zero-order chi connectivity index (χ0) is 27.9. The molecule has 0 saturated heterocycles. The summed E-state index contributed by atoms with van der Waals surface area (Å²) in [5.74, 6) is 1.22. The number of hydrogen-bond acceptors (Lipinski definition) is 8. The number of hydrogen-bond donors (Lipinski definition) is 2. The Bertz CT molecular complexity index is 1670. The molecule has 1 aromatic carbocycles. The summed E-state index contributed by atoms with van der Waals surface area (Å²) in [6.07, 6.45) is 13.6. The summed E-state index contributed by atoms with van der Waals surface area (Å²) in [5.41, 5.74) is 11.2. The second-order valence-corrected chi connectivity index (χ2v) is 10.3. The van der Waals surface area contributed by atoms with Crippen molar-refractivity contribution in [2.45, 2.75) is 31.8 Å². The maximum atomic E-state index is 13.4. The van der Waals surface area contributed by atoms with Gasteiger partial charge < -0.3 is 15.7 Å². The molecule has 0 fully saturated rings. The molecule has 0 amide bonds. The van der Waals surface area contributed by atoms with Crippen LogP contribution < -0.4 is 10.6 Å². The van der Waals surface area contributed by atoms with E-state index in [9.17, 15) is 9.50 Å². The lowest BCUT2D eigenvalue weighted by atomic mass is 9.87. The van der Waals surface area contributed by atoms with Gasteiger partial charge >= 0.3 is 0 Å². The lowest BCUT2D eigenvalue weighted by Gasteiger charge is -2.28. The summed E-state index contributed by atoms with van der Waals surface area (Å²) in [5, 5.41) is 18.2. The van der Waals surface area contributed by atoms with Crippen molar-refractivity contribution in [3.63, 3.8) is 0 Å². The standard InChI is InChI=1S/C29H30FN9O/c1-19(17-40)38-16-22(12-35-38)21-11-26-28(34-18-36-39(26)15-21)37-9-7-20(8-10-37)27-32-13-24(14-33-27)29(2,31)23-3-5-25(30)6-4-23/h3-7,11-16,18-19,40H,8-10,17,31H2,1-2H3/t19-,29+/m1/s1. The number of benzene rings is 1. The quantitative estimate of drug-likeness (QED) is 0.322. The zero-order valence-corrected chi connectivity index (χ0v) is 22.3. The van der Waals surface area contributed by atoms with E-state index in [2.05, 4.69) is 42.2 Å². The van der Waals surface area contributed by atoms with E-state index in [0.29, 0.717) is 12.4 Å².